The maximum atomic E-state index is 12.0. The Morgan fingerprint density at radius 2 is 2.21 bits per heavy atom. The van der Waals surface area contributed by atoms with Gasteiger partial charge in [-0.25, -0.2) is 9.78 Å². The van der Waals surface area contributed by atoms with Crippen molar-refractivity contribution >= 4 is 23.9 Å². The fourth-order valence-corrected chi connectivity index (χ4v) is 1.79. The Morgan fingerprint density at radius 3 is 2.75 bits per heavy atom. The van der Waals surface area contributed by atoms with E-state index in [4.69, 9.17) is 10.3 Å². The molecule has 10 heteroatoms. The number of hydrogen-bond donors (Lipinski definition) is 3. The Kier molecular flexibility index (Phi) is 7.47. The van der Waals surface area contributed by atoms with Crippen LogP contribution in [0.5, 0.6) is 0 Å². The zero-order chi connectivity index (χ0) is 18.1. The van der Waals surface area contributed by atoms with E-state index in [0.717, 1.165) is 0 Å². The summed E-state index contributed by atoms with van der Waals surface area (Å²) in [5.74, 6) is -2.11. The third-order valence-electron chi connectivity index (χ3n) is 2.88. The number of aromatic amines is 1. The highest BCUT2D eigenvalue weighted by Crippen LogP contribution is 2.10. The number of aromatic nitrogens is 2. The highest BCUT2D eigenvalue weighted by molar-refractivity contribution is 6.25. The van der Waals surface area contributed by atoms with Crippen molar-refractivity contribution in [2.75, 3.05) is 0 Å². The van der Waals surface area contributed by atoms with Crippen LogP contribution in [0.4, 0.5) is 0 Å². The van der Waals surface area contributed by atoms with Crippen molar-refractivity contribution < 1.29 is 29.0 Å². The molecule has 0 saturated carbocycles. The number of H-pyrrole nitrogens is 1. The van der Waals surface area contributed by atoms with Crippen molar-refractivity contribution in [3.8, 4) is 0 Å². The number of aliphatic hydroxyl groups is 1. The van der Waals surface area contributed by atoms with Gasteiger partial charge in [0, 0.05) is 12.6 Å². The van der Waals surface area contributed by atoms with Gasteiger partial charge < -0.3 is 25.7 Å². The first-order valence-electron chi connectivity index (χ1n) is 7.23. The van der Waals surface area contributed by atoms with Crippen LogP contribution in [0, 0.1) is 0 Å². The topological polar surface area (TPSA) is 158 Å². The molecule has 0 aromatic carbocycles. The average molecular weight is 337 g/mol. The van der Waals surface area contributed by atoms with Crippen LogP contribution in [0.3, 0.4) is 0 Å². The number of carbonyl (C=O) groups excluding carboxylic acids is 3. The maximum Gasteiger partial charge on any atom is 0.328 e. The molecule has 0 fully saturated rings. The van der Waals surface area contributed by atoms with E-state index in [0.29, 0.717) is 6.21 Å². The fraction of sp³-hybridized carbons (Fsp3) is 0.500. The van der Waals surface area contributed by atoms with E-state index in [1.807, 2.05) is 0 Å². The molecular weight excluding hydrogens is 318 g/mol. The van der Waals surface area contributed by atoms with Gasteiger partial charge in [0.1, 0.15) is 6.04 Å². The van der Waals surface area contributed by atoms with E-state index >= 15 is 0 Å². The molecule has 1 amide bonds. The summed E-state index contributed by atoms with van der Waals surface area (Å²) in [5, 5.41) is 12.2. The predicted molar refractivity (Wildman–Crippen MR) is 80.6 cm³/mol. The summed E-state index contributed by atoms with van der Waals surface area (Å²) in [4.78, 5) is 44.4. The first-order chi connectivity index (χ1) is 11.3. The molecule has 10 nitrogen and oxygen atoms in total. The highest BCUT2D eigenvalue weighted by atomic mass is 16.5. The number of Topliss-reactive ketones (excluding diaryl/α,β-unsaturated/α-hetero) is 1. The Hall–Kier alpha value is -2.84. The van der Waals surface area contributed by atoms with Crippen LogP contribution in [0.25, 0.3) is 5.53 Å². The number of amides is 1. The van der Waals surface area contributed by atoms with E-state index < -0.39 is 35.9 Å². The van der Waals surface area contributed by atoms with Gasteiger partial charge in [0.2, 0.25) is 5.78 Å². The Labute approximate surface area is 137 Å². The largest absolute Gasteiger partial charge is 0.461 e. The minimum absolute atomic E-state index is 0.0740. The quantitative estimate of drug-likeness (QED) is 0.239. The molecule has 1 aromatic rings. The summed E-state index contributed by atoms with van der Waals surface area (Å²) in [6.07, 6.45) is 1.13. The van der Waals surface area contributed by atoms with Crippen LogP contribution >= 0.6 is 0 Å². The number of aliphatic hydroxyl groups excluding tert-OH is 1. The van der Waals surface area contributed by atoms with Crippen LogP contribution in [-0.2, 0) is 19.1 Å². The van der Waals surface area contributed by atoms with Gasteiger partial charge in [0.05, 0.1) is 18.1 Å². The molecule has 0 aliphatic heterocycles. The second kappa shape index (κ2) is 9.33. The first-order valence-corrected chi connectivity index (χ1v) is 7.23. The van der Waals surface area contributed by atoms with E-state index in [1.54, 1.807) is 13.8 Å². The zero-order valence-corrected chi connectivity index (χ0v) is 13.3. The molecule has 130 valence electrons. The number of imidazole rings is 1. The lowest BCUT2D eigenvalue weighted by Crippen LogP contribution is -2.44. The predicted octanol–water partition coefficient (Wildman–Crippen LogP) is -0.471. The molecule has 0 bridgehead atoms. The molecule has 0 aliphatic rings. The maximum absolute atomic E-state index is 12.0. The summed E-state index contributed by atoms with van der Waals surface area (Å²) in [5.41, 5.74) is 8.39. The van der Waals surface area contributed by atoms with Crippen LogP contribution in [0.2, 0.25) is 0 Å². The third kappa shape index (κ3) is 6.11. The Morgan fingerprint density at radius 1 is 1.50 bits per heavy atom. The Bertz CT molecular complexity index is 622. The number of nitrogens with zero attached hydrogens (tertiary/aromatic N) is 3. The number of ketones is 1. The molecule has 24 heavy (non-hydrogen) atoms. The van der Waals surface area contributed by atoms with Crippen molar-refractivity contribution in [3.05, 3.63) is 23.7 Å². The lowest BCUT2D eigenvalue weighted by molar-refractivity contribution is -0.152. The van der Waals surface area contributed by atoms with E-state index in [-0.39, 0.29) is 18.5 Å². The Balaban J connectivity index is 2.76. The van der Waals surface area contributed by atoms with E-state index in [1.165, 1.54) is 12.5 Å². The fourth-order valence-electron chi connectivity index (χ4n) is 1.79. The average Bonchev–Trinajstić information content (AvgIpc) is 3.04. The number of ether oxygens (including phenoxy) is 1. The SMILES string of the molecule is CC(C)OC(=O)[C@H](CCC(=O)C=[N+]=[N-])NC(=O)[C@H](O)c1c[nH]cn1. The van der Waals surface area contributed by atoms with Crippen LogP contribution in [-0.4, -0.2) is 55.9 Å². The summed E-state index contributed by atoms with van der Waals surface area (Å²) in [6.45, 7) is 3.28. The molecule has 1 rings (SSSR count). The minimum Gasteiger partial charge on any atom is -0.461 e. The summed E-state index contributed by atoms with van der Waals surface area (Å²) >= 11 is 0. The summed E-state index contributed by atoms with van der Waals surface area (Å²) in [6, 6.07) is -1.13. The number of rotatable bonds is 9. The van der Waals surface area contributed by atoms with Crippen LogP contribution in [0.15, 0.2) is 12.5 Å². The molecule has 0 spiro atoms. The van der Waals surface area contributed by atoms with Crippen molar-refractivity contribution in [1.29, 1.82) is 0 Å². The minimum atomic E-state index is -1.57. The summed E-state index contributed by atoms with van der Waals surface area (Å²) in [7, 11) is 0. The number of carbonyl (C=O) groups is 3. The monoisotopic (exact) mass is 337 g/mol. The van der Waals surface area contributed by atoms with Gasteiger partial charge in [0.25, 0.3) is 5.91 Å². The number of hydrogen-bond acceptors (Lipinski definition) is 6. The van der Waals surface area contributed by atoms with E-state index in [2.05, 4.69) is 20.1 Å². The summed E-state index contributed by atoms with van der Waals surface area (Å²) < 4.78 is 5.02. The lowest BCUT2D eigenvalue weighted by Gasteiger charge is -2.19. The number of esters is 1. The molecular formula is C14H19N5O5. The zero-order valence-electron chi connectivity index (χ0n) is 13.3. The highest BCUT2D eigenvalue weighted by Gasteiger charge is 2.28. The molecule has 1 heterocycles. The molecule has 1 aromatic heterocycles. The van der Waals surface area contributed by atoms with Gasteiger partial charge in [0.15, 0.2) is 6.10 Å². The third-order valence-corrected chi connectivity index (χ3v) is 2.88. The molecule has 0 saturated heterocycles. The molecule has 3 N–H and O–H groups in total. The lowest BCUT2D eigenvalue weighted by atomic mass is 10.1. The van der Waals surface area contributed by atoms with Crippen molar-refractivity contribution in [2.45, 2.75) is 44.9 Å². The van der Waals surface area contributed by atoms with Gasteiger partial charge in [-0.1, -0.05) is 0 Å². The van der Waals surface area contributed by atoms with Crippen molar-refractivity contribution in [3.63, 3.8) is 0 Å². The van der Waals surface area contributed by atoms with Gasteiger partial charge in [-0.05, 0) is 20.3 Å². The van der Waals surface area contributed by atoms with Crippen LogP contribution < -0.4 is 5.32 Å². The van der Waals surface area contributed by atoms with Gasteiger partial charge in [-0.3, -0.25) is 9.59 Å². The van der Waals surface area contributed by atoms with Crippen molar-refractivity contribution in [2.24, 2.45) is 0 Å². The molecule has 0 radical (unpaired) electrons. The normalized spacial score (nSPS) is 12.8. The second-order valence-corrected chi connectivity index (χ2v) is 5.19. The van der Waals surface area contributed by atoms with Gasteiger partial charge in [-0.15, -0.1) is 0 Å². The smallest absolute Gasteiger partial charge is 0.328 e. The van der Waals surface area contributed by atoms with Crippen molar-refractivity contribution in [1.82, 2.24) is 15.3 Å². The number of nitrogens with one attached hydrogen (secondary N) is 2. The van der Waals surface area contributed by atoms with Crippen LogP contribution in [0.1, 0.15) is 38.5 Å². The van der Waals surface area contributed by atoms with E-state index in [9.17, 15) is 19.5 Å². The molecule has 2 atom stereocenters. The van der Waals surface area contributed by atoms with Gasteiger partial charge in [-0.2, -0.15) is 4.79 Å². The van der Waals surface area contributed by atoms with Gasteiger partial charge >= 0.3 is 12.2 Å². The molecule has 0 unspecified atom stereocenters. The standard InChI is InChI=1S/C14H19N5O5/c1-8(2)24-14(23)10(4-3-9(20)5-18-15)19-13(22)12(21)11-6-16-7-17-11/h5-8,10,12,21H,3-4H2,1-2H3,(H,16,17)(H,19,22)/t10-,12+/m0/s1. The molecule has 0 aliphatic carbocycles. The first kappa shape index (κ1) is 19.2. The second-order valence-electron chi connectivity index (χ2n) is 5.19.